The summed E-state index contributed by atoms with van der Waals surface area (Å²) in [7, 11) is 0. The summed E-state index contributed by atoms with van der Waals surface area (Å²) in [6.07, 6.45) is 12.2. The Morgan fingerprint density at radius 3 is 1.56 bits per heavy atom. The van der Waals surface area contributed by atoms with Crippen LogP contribution in [0.25, 0.3) is 0 Å². The molecule has 0 aromatic carbocycles. The van der Waals surface area contributed by atoms with Crippen molar-refractivity contribution >= 4 is 0 Å². The molecular formula is C9H16. The highest BCUT2D eigenvalue weighted by Gasteiger charge is 1.68. The molecule has 0 heterocycles. The normalized spacial score (nSPS) is 11.8. The first-order valence-corrected chi connectivity index (χ1v) is 3.71. The molecule has 0 aliphatic rings. The largest absolute Gasteiger partial charge is 0.0885 e. The summed E-state index contributed by atoms with van der Waals surface area (Å²) in [5.41, 5.74) is 0. The fourth-order valence-corrected chi connectivity index (χ4v) is 0.604. The minimum atomic E-state index is 1.10. The Morgan fingerprint density at radius 2 is 1.22 bits per heavy atom. The number of rotatable bonds is 4. The van der Waals surface area contributed by atoms with E-state index in [1.54, 1.807) is 0 Å². The van der Waals surface area contributed by atoms with Crippen LogP contribution >= 0.6 is 0 Å². The van der Waals surface area contributed by atoms with Gasteiger partial charge in [0.2, 0.25) is 0 Å². The van der Waals surface area contributed by atoms with Gasteiger partial charge in [-0.3, -0.25) is 0 Å². The van der Waals surface area contributed by atoms with Crippen molar-refractivity contribution in [1.82, 2.24) is 0 Å². The Bertz CT molecular complexity index is 76.2. The lowest BCUT2D eigenvalue weighted by molar-refractivity contribution is 1.18. The first-order valence-electron chi connectivity index (χ1n) is 3.71. The third-order valence-electron chi connectivity index (χ3n) is 1.08. The smallest absolute Gasteiger partial charge is 0.0169 e. The fraction of sp³-hybridized carbons (Fsp3) is 0.556. The van der Waals surface area contributed by atoms with Gasteiger partial charge in [-0.25, -0.2) is 0 Å². The van der Waals surface area contributed by atoms with Gasteiger partial charge in [-0.1, -0.05) is 38.2 Å². The maximum atomic E-state index is 2.20. The van der Waals surface area contributed by atoms with Crippen LogP contribution in [0.4, 0.5) is 0 Å². The zero-order chi connectivity index (χ0) is 6.95. The van der Waals surface area contributed by atoms with Crippen LogP contribution < -0.4 is 0 Å². The van der Waals surface area contributed by atoms with E-state index in [2.05, 4.69) is 38.2 Å². The molecule has 0 aromatic heterocycles. The molecule has 0 aliphatic carbocycles. The van der Waals surface area contributed by atoms with Gasteiger partial charge in [0.25, 0.3) is 0 Å². The molecule has 0 heteroatoms. The Labute approximate surface area is 58.3 Å². The summed E-state index contributed by atoms with van der Waals surface area (Å²) in [6, 6.07) is 0. The molecule has 0 atom stereocenters. The highest BCUT2D eigenvalue weighted by Crippen LogP contribution is 1.89. The van der Waals surface area contributed by atoms with Gasteiger partial charge >= 0.3 is 0 Å². The van der Waals surface area contributed by atoms with Crippen molar-refractivity contribution < 1.29 is 0 Å². The van der Waals surface area contributed by atoms with Crippen molar-refractivity contribution in [3.05, 3.63) is 24.3 Å². The van der Waals surface area contributed by atoms with E-state index in [0.717, 1.165) is 19.3 Å². The summed E-state index contributed by atoms with van der Waals surface area (Å²) in [6.45, 7) is 4.31. The SMILES string of the molecule is CC/C=C/C/C=C/CC. The van der Waals surface area contributed by atoms with Crippen LogP contribution in [0.2, 0.25) is 0 Å². The summed E-state index contributed by atoms with van der Waals surface area (Å²) >= 11 is 0. The van der Waals surface area contributed by atoms with Crippen LogP contribution in [0, 0.1) is 0 Å². The molecule has 0 radical (unpaired) electrons. The lowest BCUT2D eigenvalue weighted by Crippen LogP contribution is -1.58. The topological polar surface area (TPSA) is 0 Å². The lowest BCUT2D eigenvalue weighted by atomic mass is 10.3. The van der Waals surface area contributed by atoms with Gasteiger partial charge < -0.3 is 0 Å². The molecular weight excluding hydrogens is 108 g/mol. The second kappa shape index (κ2) is 7.48. The average Bonchev–Trinajstić information content (AvgIpc) is 1.89. The van der Waals surface area contributed by atoms with E-state index in [1.807, 2.05) is 0 Å². The maximum Gasteiger partial charge on any atom is -0.0169 e. The second-order valence-corrected chi connectivity index (χ2v) is 2.00. The van der Waals surface area contributed by atoms with Gasteiger partial charge in [-0.05, 0) is 19.3 Å². The molecule has 0 aliphatic heterocycles. The number of hydrogen-bond donors (Lipinski definition) is 0. The Kier molecular flexibility index (Phi) is 7.05. The van der Waals surface area contributed by atoms with E-state index in [0.29, 0.717) is 0 Å². The monoisotopic (exact) mass is 124 g/mol. The first-order chi connectivity index (χ1) is 4.41. The molecule has 0 aromatic rings. The molecule has 0 fully saturated rings. The molecule has 0 amide bonds. The van der Waals surface area contributed by atoms with Gasteiger partial charge in [0.1, 0.15) is 0 Å². The van der Waals surface area contributed by atoms with Crippen LogP contribution in [-0.4, -0.2) is 0 Å². The summed E-state index contributed by atoms with van der Waals surface area (Å²) in [5, 5.41) is 0. The molecule has 52 valence electrons. The number of hydrogen-bond acceptors (Lipinski definition) is 0. The zero-order valence-corrected chi connectivity index (χ0v) is 6.43. The van der Waals surface area contributed by atoms with Crippen molar-refractivity contribution in [2.45, 2.75) is 33.1 Å². The predicted molar refractivity (Wildman–Crippen MR) is 43.5 cm³/mol. The van der Waals surface area contributed by atoms with Crippen molar-refractivity contribution in [1.29, 1.82) is 0 Å². The molecule has 0 bridgehead atoms. The molecule has 0 saturated heterocycles. The molecule has 0 spiro atoms. The third-order valence-corrected chi connectivity index (χ3v) is 1.08. The van der Waals surface area contributed by atoms with Gasteiger partial charge in [0.05, 0.1) is 0 Å². The van der Waals surface area contributed by atoms with E-state index >= 15 is 0 Å². The van der Waals surface area contributed by atoms with E-state index < -0.39 is 0 Å². The van der Waals surface area contributed by atoms with E-state index in [4.69, 9.17) is 0 Å². The molecule has 0 saturated carbocycles. The second-order valence-electron chi connectivity index (χ2n) is 2.00. The van der Waals surface area contributed by atoms with Crippen LogP contribution in [0.5, 0.6) is 0 Å². The Hall–Kier alpha value is -0.520. The summed E-state index contributed by atoms with van der Waals surface area (Å²) < 4.78 is 0. The van der Waals surface area contributed by atoms with Crippen LogP contribution in [0.15, 0.2) is 24.3 Å². The first kappa shape index (κ1) is 8.48. The van der Waals surface area contributed by atoms with Gasteiger partial charge in [-0.15, -0.1) is 0 Å². The highest BCUT2D eigenvalue weighted by atomic mass is 13.7. The maximum absolute atomic E-state index is 2.20. The summed E-state index contributed by atoms with van der Waals surface area (Å²) in [5.74, 6) is 0. The molecule has 0 unspecified atom stereocenters. The van der Waals surface area contributed by atoms with Crippen molar-refractivity contribution in [2.24, 2.45) is 0 Å². The van der Waals surface area contributed by atoms with Crippen molar-refractivity contribution in [3.8, 4) is 0 Å². The van der Waals surface area contributed by atoms with Crippen molar-refractivity contribution in [3.63, 3.8) is 0 Å². The minimum absolute atomic E-state index is 1.10. The standard InChI is InChI=1S/C9H16/c1-3-5-7-9-8-6-4-2/h5-8H,3-4,9H2,1-2H3/b7-5+,8-6+. The van der Waals surface area contributed by atoms with Crippen LogP contribution in [0.3, 0.4) is 0 Å². The zero-order valence-electron chi connectivity index (χ0n) is 6.43. The third kappa shape index (κ3) is 7.48. The van der Waals surface area contributed by atoms with E-state index in [1.165, 1.54) is 0 Å². The van der Waals surface area contributed by atoms with Crippen LogP contribution in [0.1, 0.15) is 33.1 Å². The minimum Gasteiger partial charge on any atom is -0.0885 e. The van der Waals surface area contributed by atoms with E-state index in [-0.39, 0.29) is 0 Å². The molecule has 9 heavy (non-hydrogen) atoms. The van der Waals surface area contributed by atoms with Crippen molar-refractivity contribution in [2.75, 3.05) is 0 Å². The quantitative estimate of drug-likeness (QED) is 0.504. The van der Waals surface area contributed by atoms with E-state index in [9.17, 15) is 0 Å². The Morgan fingerprint density at radius 1 is 0.778 bits per heavy atom. The van der Waals surface area contributed by atoms with Crippen LogP contribution in [-0.2, 0) is 0 Å². The molecule has 0 nitrogen and oxygen atoms in total. The Balaban J connectivity index is 3.08. The highest BCUT2D eigenvalue weighted by molar-refractivity contribution is 4.91. The van der Waals surface area contributed by atoms with Gasteiger partial charge in [0, 0.05) is 0 Å². The fourth-order valence-electron chi connectivity index (χ4n) is 0.604. The van der Waals surface area contributed by atoms with Gasteiger partial charge in [-0.2, -0.15) is 0 Å². The molecule has 0 rings (SSSR count). The molecule has 0 N–H and O–H groups in total. The lowest BCUT2D eigenvalue weighted by Gasteiger charge is -1.79. The summed E-state index contributed by atoms with van der Waals surface area (Å²) in [4.78, 5) is 0. The van der Waals surface area contributed by atoms with Gasteiger partial charge in [0.15, 0.2) is 0 Å². The average molecular weight is 124 g/mol. The predicted octanol–water partition coefficient (Wildman–Crippen LogP) is 3.31. The number of allylic oxidation sites excluding steroid dienone is 4.